The Hall–Kier alpha value is -5.10. The normalized spacial score (nSPS) is 11.3. The quantitative estimate of drug-likeness (QED) is 0.251. The molecule has 4 heterocycles. The molecule has 0 N–H and O–H groups in total. The summed E-state index contributed by atoms with van der Waals surface area (Å²) < 4.78 is 11.1. The molecule has 0 atom stereocenters. The highest BCUT2D eigenvalue weighted by atomic mass is 16.3. The summed E-state index contributed by atoms with van der Waals surface area (Å²) in [7, 11) is 0. The highest BCUT2D eigenvalue weighted by Gasteiger charge is 2.19. The first kappa shape index (κ1) is 20.3. The van der Waals surface area contributed by atoms with Gasteiger partial charge in [-0.05, 0) is 45.8 Å². The van der Waals surface area contributed by atoms with Crippen molar-refractivity contribution in [1.82, 2.24) is 19.9 Å². The summed E-state index contributed by atoms with van der Waals surface area (Å²) in [4.78, 5) is 17.7. The molecule has 3 aromatic carbocycles. The van der Waals surface area contributed by atoms with Crippen molar-refractivity contribution in [3.63, 3.8) is 0 Å². The molecule has 6 nitrogen and oxygen atoms in total. The molecule has 0 amide bonds. The van der Waals surface area contributed by atoms with Crippen LogP contribution in [0.15, 0.2) is 119 Å². The number of hydrogen-bond acceptors (Lipinski definition) is 6. The van der Waals surface area contributed by atoms with E-state index in [4.69, 9.17) is 18.8 Å². The van der Waals surface area contributed by atoms with Gasteiger partial charge in [0, 0.05) is 34.6 Å². The van der Waals surface area contributed by atoms with Gasteiger partial charge in [0.15, 0.2) is 24.3 Å². The number of nitrogens with zero attached hydrogens (tertiary/aromatic N) is 4. The lowest BCUT2D eigenvalue weighted by molar-refractivity contribution is 0.571. The second kappa shape index (κ2) is 8.29. The fourth-order valence-electron chi connectivity index (χ4n) is 4.84. The van der Waals surface area contributed by atoms with Crippen LogP contribution >= 0.6 is 0 Å². The zero-order valence-corrected chi connectivity index (χ0v) is 19.0. The van der Waals surface area contributed by atoms with Gasteiger partial charge >= 0.3 is 0 Å². The van der Waals surface area contributed by atoms with Gasteiger partial charge in [0.2, 0.25) is 0 Å². The van der Waals surface area contributed by atoms with Crippen LogP contribution in [0.3, 0.4) is 0 Å². The molecule has 0 saturated heterocycles. The molecule has 0 spiro atoms. The summed E-state index contributed by atoms with van der Waals surface area (Å²) in [5.41, 5.74) is 5.72. The maximum absolute atomic E-state index is 5.54. The van der Waals surface area contributed by atoms with Crippen molar-refractivity contribution in [1.29, 1.82) is 0 Å². The van der Waals surface area contributed by atoms with Crippen LogP contribution in [0.1, 0.15) is 0 Å². The molecular weight excluding hydrogens is 448 g/mol. The van der Waals surface area contributed by atoms with E-state index in [-0.39, 0.29) is 0 Å². The summed E-state index contributed by atoms with van der Waals surface area (Å²) in [6.45, 7) is 0. The van der Waals surface area contributed by atoms with Gasteiger partial charge in [0.1, 0.15) is 0 Å². The highest BCUT2D eigenvalue weighted by Crippen LogP contribution is 2.43. The van der Waals surface area contributed by atoms with Gasteiger partial charge in [-0.3, -0.25) is 9.97 Å². The minimum Gasteiger partial charge on any atom is -0.444 e. The monoisotopic (exact) mass is 466 g/mol. The largest absolute Gasteiger partial charge is 0.444 e. The van der Waals surface area contributed by atoms with E-state index in [1.807, 2.05) is 24.5 Å². The van der Waals surface area contributed by atoms with E-state index in [1.165, 1.54) is 12.8 Å². The lowest BCUT2D eigenvalue weighted by Gasteiger charge is -2.17. The maximum Gasteiger partial charge on any atom is 0.181 e. The summed E-state index contributed by atoms with van der Waals surface area (Å²) in [5.74, 6) is 1.41. The number of hydrogen-bond donors (Lipinski definition) is 0. The molecule has 170 valence electrons. The van der Waals surface area contributed by atoms with Crippen LogP contribution in [-0.4, -0.2) is 19.9 Å². The minimum absolute atomic E-state index is 0.706. The van der Waals surface area contributed by atoms with Gasteiger partial charge in [-0.25, -0.2) is 9.97 Å². The predicted molar refractivity (Wildman–Crippen MR) is 139 cm³/mol. The molecular formula is C30H18N4O2. The lowest BCUT2D eigenvalue weighted by atomic mass is 9.88. The molecule has 0 fully saturated rings. The Morgan fingerprint density at radius 2 is 0.917 bits per heavy atom. The molecule has 7 rings (SSSR count). The molecule has 0 aliphatic rings. The Kier molecular flexibility index (Phi) is 4.67. The lowest BCUT2D eigenvalue weighted by Crippen LogP contribution is -1.94. The molecule has 0 saturated carbocycles. The predicted octanol–water partition coefficient (Wildman–Crippen LogP) is 7.43. The van der Waals surface area contributed by atoms with E-state index in [9.17, 15) is 0 Å². The number of benzene rings is 3. The van der Waals surface area contributed by atoms with Crippen molar-refractivity contribution >= 4 is 21.5 Å². The fraction of sp³-hybridized carbons (Fsp3) is 0. The third-order valence-electron chi connectivity index (χ3n) is 6.40. The van der Waals surface area contributed by atoms with Gasteiger partial charge in [0.05, 0.1) is 23.8 Å². The van der Waals surface area contributed by atoms with Crippen LogP contribution in [0.5, 0.6) is 0 Å². The standard InChI is InChI=1S/C30H18N4O2/c1-2-6-22-21(5-1)29(25-13-19(9-11-33-25)27-15-31-17-35-27)23-7-3-4-8-24(23)30(22)26-14-20(10-12-34-26)28-16-32-18-36-28/h1-18H. The summed E-state index contributed by atoms with van der Waals surface area (Å²) in [6.07, 6.45) is 9.93. The first-order valence-electron chi connectivity index (χ1n) is 11.5. The Morgan fingerprint density at radius 1 is 0.500 bits per heavy atom. The van der Waals surface area contributed by atoms with Crippen molar-refractivity contribution in [2.24, 2.45) is 0 Å². The average molecular weight is 467 g/mol. The van der Waals surface area contributed by atoms with Crippen LogP contribution in [0.25, 0.3) is 66.7 Å². The van der Waals surface area contributed by atoms with Gasteiger partial charge in [0.25, 0.3) is 0 Å². The molecule has 36 heavy (non-hydrogen) atoms. The molecule has 0 radical (unpaired) electrons. The first-order chi connectivity index (χ1) is 17.9. The SMILES string of the molecule is c1ccc2c(-c3cc(-c4cnco4)ccn3)c3ccccc3c(-c3cc(-c4cnco4)ccn3)c2c1. The molecule has 0 unspecified atom stereocenters. The molecule has 0 bridgehead atoms. The van der Waals surface area contributed by atoms with Crippen LogP contribution in [0.2, 0.25) is 0 Å². The fourth-order valence-corrected chi connectivity index (χ4v) is 4.84. The number of fused-ring (bicyclic) bond motifs is 2. The Balaban J connectivity index is 1.54. The summed E-state index contributed by atoms with van der Waals surface area (Å²) in [5, 5.41) is 4.39. The minimum atomic E-state index is 0.706. The second-order valence-electron chi connectivity index (χ2n) is 8.43. The van der Waals surface area contributed by atoms with E-state index < -0.39 is 0 Å². The number of aromatic nitrogens is 4. The van der Waals surface area contributed by atoms with Crippen molar-refractivity contribution in [2.75, 3.05) is 0 Å². The van der Waals surface area contributed by atoms with Gasteiger partial charge in [-0.1, -0.05) is 48.5 Å². The van der Waals surface area contributed by atoms with Crippen LogP contribution < -0.4 is 0 Å². The van der Waals surface area contributed by atoms with Crippen LogP contribution in [-0.2, 0) is 0 Å². The van der Waals surface area contributed by atoms with E-state index in [2.05, 4.69) is 70.6 Å². The molecule has 0 aliphatic heterocycles. The van der Waals surface area contributed by atoms with Crippen molar-refractivity contribution in [3.05, 3.63) is 110 Å². The van der Waals surface area contributed by atoms with Crippen LogP contribution in [0, 0.1) is 0 Å². The van der Waals surface area contributed by atoms with E-state index in [0.717, 1.165) is 55.2 Å². The smallest absolute Gasteiger partial charge is 0.181 e. The van der Waals surface area contributed by atoms with Gasteiger partial charge in [-0.15, -0.1) is 0 Å². The zero-order valence-electron chi connectivity index (χ0n) is 19.0. The summed E-state index contributed by atoms with van der Waals surface area (Å²) in [6, 6.07) is 24.8. The van der Waals surface area contributed by atoms with E-state index in [0.29, 0.717) is 11.5 Å². The highest BCUT2D eigenvalue weighted by molar-refractivity contribution is 6.20. The first-order valence-corrected chi connectivity index (χ1v) is 11.5. The Labute approximate surface area is 205 Å². The topological polar surface area (TPSA) is 77.8 Å². The Morgan fingerprint density at radius 3 is 1.28 bits per heavy atom. The number of pyridine rings is 2. The molecule has 0 aliphatic carbocycles. The van der Waals surface area contributed by atoms with Crippen molar-refractivity contribution in [2.45, 2.75) is 0 Å². The zero-order chi connectivity index (χ0) is 23.9. The van der Waals surface area contributed by atoms with Crippen LogP contribution in [0.4, 0.5) is 0 Å². The second-order valence-corrected chi connectivity index (χ2v) is 8.43. The van der Waals surface area contributed by atoms with Gasteiger partial charge in [-0.2, -0.15) is 0 Å². The summed E-state index contributed by atoms with van der Waals surface area (Å²) >= 11 is 0. The number of rotatable bonds is 4. The van der Waals surface area contributed by atoms with E-state index in [1.54, 1.807) is 12.4 Å². The number of oxazole rings is 2. The van der Waals surface area contributed by atoms with Crippen molar-refractivity contribution < 1.29 is 8.83 Å². The maximum atomic E-state index is 5.54. The third-order valence-corrected chi connectivity index (χ3v) is 6.40. The Bertz CT molecular complexity index is 1650. The van der Waals surface area contributed by atoms with E-state index >= 15 is 0 Å². The average Bonchev–Trinajstić information content (AvgIpc) is 3.67. The molecule has 4 aromatic heterocycles. The van der Waals surface area contributed by atoms with Gasteiger partial charge < -0.3 is 8.83 Å². The van der Waals surface area contributed by atoms with Crippen molar-refractivity contribution in [3.8, 4) is 45.2 Å². The third kappa shape index (κ3) is 3.27. The molecule has 6 heteroatoms. The molecule has 7 aromatic rings.